The molecule has 3 atom stereocenters. The highest BCUT2D eigenvalue weighted by Gasteiger charge is 2.29. The van der Waals surface area contributed by atoms with Crippen molar-refractivity contribution in [2.45, 2.75) is 92.0 Å². The van der Waals surface area contributed by atoms with E-state index in [1.54, 1.807) is 0 Å². The Kier molecular flexibility index (Phi) is 14.4. The molecule has 0 saturated carbocycles. The minimum absolute atomic E-state index is 0.0304. The standard InChI is InChI=1S/C28H47N3O6S/c1-19(2)15-23(13-14-38(7,35)36)29-26(32)24(16-20(3)4)30-27(33)25(17-21(5)6)31-28(34)37-18-22-11-9-8-10-12-22/h8-12,19-21,23-25H,13-18H2,1-7H3,(H,29,32)(H,30,33)(H,31,34)/t23-,24+,25+/m1/s1. The second-order valence-corrected chi connectivity index (χ2v) is 13.6. The maximum absolute atomic E-state index is 13.3. The Bertz CT molecular complexity index is 980. The largest absolute Gasteiger partial charge is 0.445 e. The highest BCUT2D eigenvalue weighted by Crippen LogP contribution is 2.13. The van der Waals surface area contributed by atoms with Crippen LogP contribution in [0.4, 0.5) is 4.79 Å². The summed E-state index contributed by atoms with van der Waals surface area (Å²) in [6.45, 7) is 11.9. The smallest absolute Gasteiger partial charge is 0.408 e. The fraction of sp³-hybridized carbons (Fsp3) is 0.679. The van der Waals surface area contributed by atoms with E-state index in [2.05, 4.69) is 16.0 Å². The first-order valence-electron chi connectivity index (χ1n) is 13.4. The number of hydrogen-bond donors (Lipinski definition) is 3. The highest BCUT2D eigenvalue weighted by molar-refractivity contribution is 7.90. The van der Waals surface area contributed by atoms with Gasteiger partial charge in [0.15, 0.2) is 0 Å². The average molecular weight is 554 g/mol. The zero-order valence-electron chi connectivity index (χ0n) is 24.0. The first kappa shape index (κ1) is 33.4. The summed E-state index contributed by atoms with van der Waals surface area (Å²) in [6, 6.07) is 7.20. The summed E-state index contributed by atoms with van der Waals surface area (Å²) in [5.74, 6) is -0.396. The van der Waals surface area contributed by atoms with Crippen LogP contribution in [0.5, 0.6) is 0 Å². The van der Waals surface area contributed by atoms with Gasteiger partial charge in [-0.1, -0.05) is 71.9 Å². The van der Waals surface area contributed by atoms with Crippen molar-refractivity contribution in [1.29, 1.82) is 0 Å². The predicted molar refractivity (Wildman–Crippen MR) is 150 cm³/mol. The lowest BCUT2D eigenvalue weighted by Gasteiger charge is -2.27. The predicted octanol–water partition coefficient (Wildman–Crippen LogP) is 3.82. The number of ether oxygens (including phenoxy) is 1. The lowest BCUT2D eigenvalue weighted by atomic mass is 9.98. The van der Waals surface area contributed by atoms with Crippen LogP contribution in [-0.2, 0) is 30.8 Å². The fourth-order valence-corrected chi connectivity index (χ4v) is 4.77. The first-order valence-corrected chi connectivity index (χ1v) is 15.5. The summed E-state index contributed by atoms with van der Waals surface area (Å²) in [4.78, 5) is 39.0. The number of nitrogens with one attached hydrogen (secondary N) is 3. The molecule has 0 spiro atoms. The molecular weight excluding hydrogens is 506 g/mol. The van der Waals surface area contributed by atoms with Crippen molar-refractivity contribution in [3.63, 3.8) is 0 Å². The zero-order valence-corrected chi connectivity index (χ0v) is 24.8. The van der Waals surface area contributed by atoms with E-state index in [1.165, 1.54) is 6.26 Å². The number of benzene rings is 1. The van der Waals surface area contributed by atoms with E-state index in [-0.39, 0.29) is 42.1 Å². The minimum Gasteiger partial charge on any atom is -0.445 e. The van der Waals surface area contributed by atoms with Gasteiger partial charge in [0.25, 0.3) is 0 Å². The maximum atomic E-state index is 13.3. The third-order valence-electron chi connectivity index (χ3n) is 5.81. The molecular formula is C28H47N3O6S. The van der Waals surface area contributed by atoms with E-state index in [9.17, 15) is 22.8 Å². The molecule has 0 aliphatic carbocycles. The summed E-state index contributed by atoms with van der Waals surface area (Å²) in [5.41, 5.74) is 0.827. The molecule has 0 saturated heterocycles. The quantitative estimate of drug-likeness (QED) is 0.285. The molecule has 0 aliphatic heterocycles. The number of rotatable bonds is 16. The van der Waals surface area contributed by atoms with Crippen molar-refractivity contribution in [3.05, 3.63) is 35.9 Å². The van der Waals surface area contributed by atoms with E-state index in [0.29, 0.717) is 25.7 Å². The SMILES string of the molecule is CC(C)C[C@@H](CCS(C)(=O)=O)NC(=O)[C@H](CC(C)C)NC(=O)[C@H](CC(C)C)NC(=O)OCc1ccccc1. The van der Waals surface area contributed by atoms with Gasteiger partial charge in [-0.25, -0.2) is 13.2 Å². The molecule has 0 unspecified atom stereocenters. The Morgan fingerprint density at radius 3 is 1.76 bits per heavy atom. The third kappa shape index (κ3) is 15.0. The topological polar surface area (TPSA) is 131 Å². The summed E-state index contributed by atoms with van der Waals surface area (Å²) >= 11 is 0. The Balaban J connectivity index is 2.92. The van der Waals surface area contributed by atoms with Gasteiger partial charge < -0.3 is 20.7 Å². The van der Waals surface area contributed by atoms with Gasteiger partial charge in [0.1, 0.15) is 28.5 Å². The molecule has 0 heterocycles. The molecule has 0 aromatic heterocycles. The number of carbonyl (C=O) groups is 3. The second kappa shape index (κ2) is 16.4. The number of hydrogen-bond acceptors (Lipinski definition) is 6. The van der Waals surface area contributed by atoms with Crippen molar-refractivity contribution >= 4 is 27.7 Å². The molecule has 0 radical (unpaired) electrons. The van der Waals surface area contributed by atoms with Gasteiger partial charge in [-0.3, -0.25) is 9.59 Å². The van der Waals surface area contributed by atoms with E-state index >= 15 is 0 Å². The fourth-order valence-electron chi connectivity index (χ4n) is 4.06. The van der Waals surface area contributed by atoms with Gasteiger partial charge in [-0.15, -0.1) is 0 Å². The number of amides is 3. The Labute approximate surface area is 228 Å². The summed E-state index contributed by atoms with van der Waals surface area (Å²) in [6.07, 6.45) is 2.15. The van der Waals surface area contributed by atoms with Crippen molar-refractivity contribution in [1.82, 2.24) is 16.0 Å². The van der Waals surface area contributed by atoms with E-state index in [0.717, 1.165) is 5.56 Å². The lowest BCUT2D eigenvalue weighted by molar-refractivity contribution is -0.131. The minimum atomic E-state index is -3.18. The van der Waals surface area contributed by atoms with Crippen molar-refractivity contribution in [3.8, 4) is 0 Å². The van der Waals surface area contributed by atoms with Gasteiger partial charge in [0, 0.05) is 12.3 Å². The molecule has 0 aliphatic rings. The molecule has 1 aromatic carbocycles. The van der Waals surface area contributed by atoms with E-state index in [4.69, 9.17) is 4.74 Å². The maximum Gasteiger partial charge on any atom is 0.408 e. The van der Waals surface area contributed by atoms with Crippen LogP contribution in [-0.4, -0.2) is 56.5 Å². The average Bonchev–Trinajstić information content (AvgIpc) is 2.79. The van der Waals surface area contributed by atoms with Crippen LogP contribution < -0.4 is 16.0 Å². The first-order chi connectivity index (χ1) is 17.7. The van der Waals surface area contributed by atoms with Gasteiger partial charge in [-0.2, -0.15) is 0 Å². The highest BCUT2D eigenvalue weighted by atomic mass is 32.2. The molecule has 1 aromatic rings. The van der Waals surface area contributed by atoms with Crippen molar-refractivity contribution < 1.29 is 27.5 Å². The second-order valence-electron chi connectivity index (χ2n) is 11.3. The van der Waals surface area contributed by atoms with Gasteiger partial charge in [-0.05, 0) is 49.0 Å². The lowest BCUT2D eigenvalue weighted by Crippen LogP contribution is -2.55. The zero-order chi connectivity index (χ0) is 28.9. The van der Waals surface area contributed by atoms with Crippen LogP contribution in [0, 0.1) is 17.8 Å². The molecule has 0 bridgehead atoms. The summed E-state index contributed by atoms with van der Waals surface area (Å²) in [7, 11) is -3.18. The molecule has 3 amide bonds. The molecule has 216 valence electrons. The van der Waals surface area contributed by atoms with Crippen LogP contribution >= 0.6 is 0 Å². The van der Waals surface area contributed by atoms with Crippen LogP contribution in [0.25, 0.3) is 0 Å². The number of carbonyl (C=O) groups excluding carboxylic acids is 3. The molecule has 9 nitrogen and oxygen atoms in total. The van der Waals surface area contributed by atoms with Crippen LogP contribution in [0.3, 0.4) is 0 Å². The van der Waals surface area contributed by atoms with Gasteiger partial charge in [0.2, 0.25) is 11.8 Å². The van der Waals surface area contributed by atoms with Crippen LogP contribution in [0.1, 0.15) is 72.8 Å². The summed E-state index contributed by atoms with van der Waals surface area (Å²) < 4.78 is 28.7. The van der Waals surface area contributed by atoms with Crippen molar-refractivity contribution in [2.75, 3.05) is 12.0 Å². The Hall–Kier alpha value is -2.62. The Morgan fingerprint density at radius 1 is 0.763 bits per heavy atom. The van der Waals surface area contributed by atoms with Gasteiger partial charge in [0.05, 0.1) is 5.75 Å². The third-order valence-corrected chi connectivity index (χ3v) is 6.79. The normalized spacial score (nSPS) is 14.2. The number of alkyl carbamates (subject to hydrolysis) is 1. The monoisotopic (exact) mass is 553 g/mol. The molecule has 0 fully saturated rings. The van der Waals surface area contributed by atoms with Crippen LogP contribution in [0.15, 0.2) is 30.3 Å². The van der Waals surface area contributed by atoms with Crippen molar-refractivity contribution in [2.24, 2.45) is 17.8 Å². The van der Waals surface area contributed by atoms with E-state index < -0.39 is 33.9 Å². The Morgan fingerprint density at radius 2 is 1.26 bits per heavy atom. The van der Waals surface area contributed by atoms with E-state index in [1.807, 2.05) is 71.9 Å². The summed E-state index contributed by atoms with van der Waals surface area (Å²) in [5, 5.41) is 8.43. The molecule has 38 heavy (non-hydrogen) atoms. The van der Waals surface area contributed by atoms with Crippen LogP contribution in [0.2, 0.25) is 0 Å². The molecule has 10 heteroatoms. The molecule has 3 N–H and O–H groups in total. The van der Waals surface area contributed by atoms with Gasteiger partial charge >= 0.3 is 6.09 Å². The molecule has 1 rings (SSSR count). The number of sulfone groups is 1.